The fraction of sp³-hybridized carbons (Fsp3) is 0.409. The number of carbonyl (C=O) groups excluding carboxylic acids is 1. The van der Waals surface area contributed by atoms with Crippen LogP contribution in [0.4, 0.5) is 0 Å². The zero-order valence-electron chi connectivity index (χ0n) is 15.7. The van der Waals surface area contributed by atoms with Gasteiger partial charge in [-0.15, -0.1) is 0 Å². The van der Waals surface area contributed by atoms with E-state index < -0.39 is 0 Å². The highest BCUT2D eigenvalue weighted by molar-refractivity contribution is 5.78. The molecule has 1 aliphatic heterocycles. The van der Waals surface area contributed by atoms with Gasteiger partial charge in [-0.2, -0.15) is 0 Å². The summed E-state index contributed by atoms with van der Waals surface area (Å²) in [5.74, 6) is 1.63. The Morgan fingerprint density at radius 1 is 1.15 bits per heavy atom. The summed E-state index contributed by atoms with van der Waals surface area (Å²) in [5, 5.41) is 3.25. The van der Waals surface area contributed by atoms with E-state index in [1.165, 1.54) is 17.7 Å². The monoisotopic (exact) mass is 353 g/mol. The minimum Gasteiger partial charge on any atom is -0.497 e. The van der Waals surface area contributed by atoms with Crippen molar-refractivity contribution in [1.82, 2.24) is 5.32 Å². The molecule has 1 heterocycles. The third-order valence-corrected chi connectivity index (χ3v) is 5.16. The summed E-state index contributed by atoms with van der Waals surface area (Å²) in [6.07, 6.45) is 2.49. The van der Waals surface area contributed by atoms with Gasteiger partial charge in [-0.25, -0.2) is 0 Å². The molecule has 26 heavy (non-hydrogen) atoms. The highest BCUT2D eigenvalue weighted by Crippen LogP contribution is 2.24. The lowest BCUT2D eigenvalue weighted by molar-refractivity contribution is -0.900. The Bertz CT molecular complexity index is 700. The highest BCUT2D eigenvalue weighted by Gasteiger charge is 2.24. The first-order valence-electron chi connectivity index (χ1n) is 9.47. The number of rotatable bonds is 6. The zero-order chi connectivity index (χ0) is 18.4. The van der Waals surface area contributed by atoms with Gasteiger partial charge in [0.1, 0.15) is 5.75 Å². The SMILES string of the molecule is COc1ccc([C@@H](NC(=O)C[NH+]2CCC[C@H](C)C2)c2ccccc2)cc1. The van der Waals surface area contributed by atoms with Crippen LogP contribution in [0.15, 0.2) is 54.6 Å². The van der Waals surface area contributed by atoms with Gasteiger partial charge in [0.05, 0.1) is 26.2 Å². The Hall–Kier alpha value is -2.33. The van der Waals surface area contributed by atoms with Crippen LogP contribution in [-0.2, 0) is 4.79 Å². The number of likely N-dealkylation sites (tertiary alicyclic amines) is 1. The smallest absolute Gasteiger partial charge is 0.275 e. The molecule has 1 fully saturated rings. The van der Waals surface area contributed by atoms with Crippen molar-refractivity contribution in [3.8, 4) is 5.75 Å². The second-order valence-corrected chi connectivity index (χ2v) is 7.31. The summed E-state index contributed by atoms with van der Waals surface area (Å²) in [6.45, 7) is 5.01. The first-order chi connectivity index (χ1) is 12.7. The van der Waals surface area contributed by atoms with E-state index >= 15 is 0 Å². The van der Waals surface area contributed by atoms with Crippen LogP contribution in [0.5, 0.6) is 5.75 Å². The fourth-order valence-electron chi connectivity index (χ4n) is 3.80. The van der Waals surface area contributed by atoms with Crippen LogP contribution in [-0.4, -0.2) is 32.7 Å². The van der Waals surface area contributed by atoms with Gasteiger partial charge in [-0.05, 0) is 36.1 Å². The van der Waals surface area contributed by atoms with Gasteiger partial charge >= 0.3 is 0 Å². The number of piperidine rings is 1. The maximum absolute atomic E-state index is 12.7. The lowest BCUT2D eigenvalue weighted by Gasteiger charge is -2.28. The first kappa shape index (κ1) is 18.5. The quantitative estimate of drug-likeness (QED) is 0.836. The van der Waals surface area contributed by atoms with Crippen molar-refractivity contribution in [3.05, 3.63) is 65.7 Å². The minimum absolute atomic E-state index is 0.110. The van der Waals surface area contributed by atoms with Crippen molar-refractivity contribution in [3.63, 3.8) is 0 Å². The standard InChI is InChI=1S/C22H28N2O2/c1-17-7-6-14-24(15-17)16-21(25)23-22(18-8-4-3-5-9-18)19-10-12-20(26-2)13-11-19/h3-5,8-13,17,22H,6-7,14-16H2,1-2H3,(H,23,25)/p+1/t17-,22-/m0/s1. The maximum atomic E-state index is 12.7. The van der Waals surface area contributed by atoms with Gasteiger partial charge in [0.2, 0.25) is 0 Å². The van der Waals surface area contributed by atoms with Crippen molar-refractivity contribution < 1.29 is 14.4 Å². The van der Waals surface area contributed by atoms with Crippen molar-refractivity contribution in [1.29, 1.82) is 0 Å². The van der Waals surface area contributed by atoms with E-state index in [0.717, 1.165) is 30.0 Å². The van der Waals surface area contributed by atoms with Gasteiger partial charge in [0.15, 0.2) is 6.54 Å². The molecule has 4 nitrogen and oxygen atoms in total. The third kappa shape index (κ3) is 4.85. The summed E-state index contributed by atoms with van der Waals surface area (Å²) in [6, 6.07) is 17.9. The van der Waals surface area contributed by atoms with Gasteiger partial charge in [-0.3, -0.25) is 4.79 Å². The third-order valence-electron chi connectivity index (χ3n) is 5.16. The molecule has 2 aromatic rings. The summed E-state index contributed by atoms with van der Waals surface area (Å²) in [4.78, 5) is 14.1. The van der Waals surface area contributed by atoms with Crippen LogP contribution in [0, 0.1) is 5.92 Å². The van der Waals surface area contributed by atoms with Crippen molar-refractivity contribution in [2.24, 2.45) is 5.92 Å². The predicted molar refractivity (Wildman–Crippen MR) is 103 cm³/mol. The number of carbonyl (C=O) groups is 1. The van der Waals surface area contributed by atoms with Gasteiger partial charge in [0, 0.05) is 5.92 Å². The van der Waals surface area contributed by atoms with Gasteiger partial charge in [-0.1, -0.05) is 49.4 Å². The molecule has 0 bridgehead atoms. The normalized spacial score (nSPS) is 21.0. The number of ether oxygens (including phenoxy) is 1. The Labute approximate surface area is 156 Å². The van der Waals surface area contributed by atoms with Crippen LogP contribution in [0.25, 0.3) is 0 Å². The number of nitrogens with one attached hydrogen (secondary N) is 2. The van der Waals surface area contributed by atoms with E-state index in [2.05, 4.69) is 24.4 Å². The predicted octanol–water partition coefficient (Wildman–Crippen LogP) is 2.22. The average molecular weight is 353 g/mol. The fourth-order valence-corrected chi connectivity index (χ4v) is 3.80. The Morgan fingerprint density at radius 3 is 2.50 bits per heavy atom. The molecule has 0 aromatic heterocycles. The Morgan fingerprint density at radius 2 is 1.85 bits per heavy atom. The first-order valence-corrected chi connectivity index (χ1v) is 9.47. The molecule has 0 spiro atoms. The van der Waals surface area contributed by atoms with Crippen LogP contribution in [0.3, 0.4) is 0 Å². The topological polar surface area (TPSA) is 42.8 Å². The number of quaternary nitrogens is 1. The average Bonchev–Trinajstić information content (AvgIpc) is 2.67. The van der Waals surface area contributed by atoms with E-state index in [9.17, 15) is 4.79 Å². The molecule has 4 heteroatoms. The summed E-state index contributed by atoms with van der Waals surface area (Å²) in [7, 11) is 1.66. The molecule has 0 radical (unpaired) electrons. The molecule has 138 valence electrons. The van der Waals surface area contributed by atoms with E-state index in [-0.39, 0.29) is 11.9 Å². The second-order valence-electron chi connectivity index (χ2n) is 7.31. The van der Waals surface area contributed by atoms with Crippen LogP contribution in [0.1, 0.15) is 36.9 Å². The molecule has 1 saturated heterocycles. The number of methoxy groups -OCH3 is 1. The summed E-state index contributed by atoms with van der Waals surface area (Å²) in [5.41, 5.74) is 2.15. The Balaban J connectivity index is 1.74. The highest BCUT2D eigenvalue weighted by atomic mass is 16.5. The van der Waals surface area contributed by atoms with Crippen LogP contribution in [0.2, 0.25) is 0 Å². The maximum Gasteiger partial charge on any atom is 0.275 e. The lowest BCUT2D eigenvalue weighted by atomic mass is 9.98. The molecule has 2 aromatic carbocycles. The van der Waals surface area contributed by atoms with Crippen molar-refractivity contribution in [2.75, 3.05) is 26.7 Å². The summed E-state index contributed by atoms with van der Waals surface area (Å²) >= 11 is 0. The largest absolute Gasteiger partial charge is 0.497 e. The number of amides is 1. The molecule has 1 amide bonds. The second kappa shape index (κ2) is 8.86. The summed E-state index contributed by atoms with van der Waals surface area (Å²) < 4.78 is 5.26. The molecule has 3 rings (SSSR count). The van der Waals surface area contributed by atoms with E-state index in [0.29, 0.717) is 12.5 Å². The van der Waals surface area contributed by atoms with Crippen LogP contribution < -0.4 is 15.0 Å². The lowest BCUT2D eigenvalue weighted by Crippen LogP contribution is -3.14. The van der Waals surface area contributed by atoms with E-state index in [1.807, 2.05) is 42.5 Å². The Kier molecular flexibility index (Phi) is 6.29. The molecule has 1 aliphatic rings. The minimum atomic E-state index is -0.142. The zero-order valence-corrected chi connectivity index (χ0v) is 15.7. The molecular weight excluding hydrogens is 324 g/mol. The van der Waals surface area contributed by atoms with Gasteiger partial charge in [0.25, 0.3) is 5.91 Å². The van der Waals surface area contributed by atoms with Crippen LogP contribution >= 0.6 is 0 Å². The molecule has 0 saturated carbocycles. The van der Waals surface area contributed by atoms with Gasteiger partial charge < -0.3 is 15.0 Å². The molecular formula is C22H29N2O2+. The number of hydrogen-bond acceptors (Lipinski definition) is 2. The van der Waals surface area contributed by atoms with E-state index in [4.69, 9.17) is 4.74 Å². The van der Waals surface area contributed by atoms with Crippen molar-refractivity contribution in [2.45, 2.75) is 25.8 Å². The molecule has 3 atom stereocenters. The number of benzene rings is 2. The van der Waals surface area contributed by atoms with Crippen molar-refractivity contribution >= 4 is 5.91 Å². The molecule has 1 unspecified atom stereocenters. The van der Waals surface area contributed by atoms with E-state index in [1.54, 1.807) is 7.11 Å². The molecule has 2 N–H and O–H groups in total. The molecule has 0 aliphatic carbocycles. The number of hydrogen-bond donors (Lipinski definition) is 2.